The van der Waals surface area contributed by atoms with Crippen LogP contribution in [-0.4, -0.2) is 38.3 Å². The second-order valence-corrected chi connectivity index (χ2v) is 9.27. The number of carbonyl (C=O) groups excluding carboxylic acids is 1. The minimum Gasteiger partial charge on any atom is -0.351 e. The van der Waals surface area contributed by atoms with Crippen molar-refractivity contribution < 1.29 is 18.0 Å². The highest BCUT2D eigenvalue weighted by atomic mass is 19.4. The van der Waals surface area contributed by atoms with Gasteiger partial charge in [0.15, 0.2) is 5.82 Å². The lowest BCUT2D eigenvalue weighted by atomic mass is 9.87. The molecule has 2 fully saturated rings. The van der Waals surface area contributed by atoms with Crippen LogP contribution in [0.1, 0.15) is 55.7 Å². The number of nitrogens with one attached hydrogen (secondary N) is 5. The van der Waals surface area contributed by atoms with Gasteiger partial charge in [-0.25, -0.2) is 9.78 Å². The largest absolute Gasteiger partial charge is 0.416 e. The number of aromatic amines is 1. The zero-order valence-corrected chi connectivity index (χ0v) is 19.4. The zero-order valence-electron chi connectivity index (χ0n) is 19.4. The Morgan fingerprint density at radius 3 is 2.61 bits per heavy atom. The van der Waals surface area contributed by atoms with Gasteiger partial charge in [-0.05, 0) is 49.9 Å². The Hall–Kier alpha value is -3.83. The minimum absolute atomic E-state index is 0.0680. The topological polar surface area (TPSA) is 120 Å². The van der Waals surface area contributed by atoms with Gasteiger partial charge in [-0.2, -0.15) is 23.3 Å². The number of carbonyl (C=O) groups is 1. The lowest BCUT2D eigenvalue weighted by Gasteiger charge is -2.36. The molecule has 2 aliphatic rings. The van der Waals surface area contributed by atoms with Crippen LogP contribution in [0.25, 0.3) is 0 Å². The van der Waals surface area contributed by atoms with E-state index in [9.17, 15) is 18.0 Å². The van der Waals surface area contributed by atoms with Crippen molar-refractivity contribution in [1.29, 1.82) is 0 Å². The number of aromatic nitrogens is 4. The number of hydrogen-bond donors (Lipinski definition) is 5. The summed E-state index contributed by atoms with van der Waals surface area (Å²) in [6.45, 7) is 0. The summed E-state index contributed by atoms with van der Waals surface area (Å²) >= 11 is 0. The van der Waals surface area contributed by atoms with Gasteiger partial charge in [0.05, 0.1) is 5.56 Å². The zero-order chi connectivity index (χ0) is 25.1. The molecule has 2 heterocycles. The molecule has 0 atom stereocenters. The fourth-order valence-corrected chi connectivity index (χ4v) is 4.64. The maximum atomic E-state index is 12.8. The maximum Gasteiger partial charge on any atom is 0.416 e. The van der Waals surface area contributed by atoms with Crippen molar-refractivity contribution >= 4 is 29.3 Å². The lowest BCUT2D eigenvalue weighted by Crippen LogP contribution is -2.51. The van der Waals surface area contributed by atoms with E-state index in [2.05, 4.69) is 41.4 Å². The highest BCUT2D eigenvalue weighted by Gasteiger charge is 2.32. The number of halogens is 3. The molecule has 36 heavy (non-hydrogen) atoms. The highest BCUT2D eigenvalue weighted by Crippen LogP contribution is 2.34. The van der Waals surface area contributed by atoms with Crippen molar-refractivity contribution in [2.75, 3.05) is 16.0 Å². The van der Waals surface area contributed by atoms with E-state index >= 15 is 0 Å². The number of alkyl halides is 3. The van der Waals surface area contributed by atoms with Crippen molar-refractivity contribution in [2.45, 2.75) is 62.7 Å². The van der Waals surface area contributed by atoms with Gasteiger partial charge in [-0.15, -0.1) is 0 Å². The molecule has 0 aliphatic heterocycles. The molecule has 0 saturated heterocycles. The van der Waals surface area contributed by atoms with E-state index in [4.69, 9.17) is 0 Å². The first-order valence-electron chi connectivity index (χ1n) is 12.0. The van der Waals surface area contributed by atoms with Crippen LogP contribution in [0.4, 0.5) is 41.2 Å². The summed E-state index contributed by atoms with van der Waals surface area (Å²) in [6.07, 6.45) is 3.35. The molecular formula is C24H27F3N8O. The Morgan fingerprint density at radius 1 is 1.03 bits per heavy atom. The van der Waals surface area contributed by atoms with Gasteiger partial charge in [0, 0.05) is 41.6 Å². The Morgan fingerprint density at radius 2 is 1.83 bits per heavy atom. The predicted octanol–water partition coefficient (Wildman–Crippen LogP) is 5.38. The number of urea groups is 1. The van der Waals surface area contributed by atoms with Crippen LogP contribution in [-0.2, 0) is 6.18 Å². The molecule has 2 amide bonds. The third kappa shape index (κ3) is 5.86. The van der Waals surface area contributed by atoms with E-state index in [1.54, 1.807) is 12.3 Å². The van der Waals surface area contributed by atoms with Gasteiger partial charge in [0.1, 0.15) is 5.82 Å². The van der Waals surface area contributed by atoms with Crippen molar-refractivity contribution in [3.63, 3.8) is 0 Å². The smallest absolute Gasteiger partial charge is 0.351 e. The third-order valence-electron chi connectivity index (χ3n) is 6.56. The predicted molar refractivity (Wildman–Crippen MR) is 129 cm³/mol. The van der Waals surface area contributed by atoms with Gasteiger partial charge in [-0.1, -0.05) is 18.9 Å². The van der Waals surface area contributed by atoms with E-state index < -0.39 is 17.8 Å². The van der Waals surface area contributed by atoms with Crippen molar-refractivity contribution in [3.05, 3.63) is 53.9 Å². The van der Waals surface area contributed by atoms with Crippen LogP contribution in [0.3, 0.4) is 0 Å². The molecule has 2 aromatic heterocycles. The quantitative estimate of drug-likeness (QED) is 0.297. The van der Waals surface area contributed by atoms with Crippen LogP contribution in [0.5, 0.6) is 0 Å². The molecule has 2 saturated carbocycles. The van der Waals surface area contributed by atoms with Crippen LogP contribution in [0, 0.1) is 0 Å². The summed E-state index contributed by atoms with van der Waals surface area (Å²) < 4.78 is 38.5. The fourth-order valence-electron chi connectivity index (χ4n) is 4.64. The molecular weight excluding hydrogens is 473 g/mol. The first kappa shape index (κ1) is 23.9. The minimum atomic E-state index is -4.47. The fraction of sp³-hybridized carbons (Fsp3) is 0.417. The summed E-state index contributed by atoms with van der Waals surface area (Å²) in [7, 11) is 0. The summed E-state index contributed by atoms with van der Waals surface area (Å²) in [5.74, 6) is 2.33. The normalized spacial score (nSPS) is 20.0. The molecule has 5 N–H and O–H groups in total. The molecule has 2 aliphatic carbocycles. The van der Waals surface area contributed by atoms with E-state index in [1.165, 1.54) is 37.8 Å². The molecule has 0 radical (unpaired) electrons. The number of hydrogen-bond acceptors (Lipinski definition) is 6. The average molecular weight is 501 g/mol. The molecule has 5 rings (SSSR count). The van der Waals surface area contributed by atoms with Crippen LogP contribution >= 0.6 is 0 Å². The molecule has 0 spiro atoms. The standard InChI is InChI=1S/C24H27F3N8O/c25-24(26,27)15-6-3-7-16(10-15)30-23(36)31-18-11-17(12-18)29-22-28-9-8-20(33-22)32-21-13-19(34-35-21)14-4-1-2-5-14/h3,6-10,13-14,17-18H,1-2,4-5,11-12H2,(H2,30,31,36)(H3,28,29,32,33,34,35). The molecule has 9 nitrogen and oxygen atoms in total. The van der Waals surface area contributed by atoms with Gasteiger partial charge in [-0.3, -0.25) is 5.10 Å². The molecule has 190 valence electrons. The SMILES string of the molecule is O=C(Nc1cccc(C(F)(F)F)c1)NC1CC(Nc2nccc(Nc3cc(C4CCCC4)[nH]n3)n2)C1. The monoisotopic (exact) mass is 500 g/mol. The number of amides is 2. The van der Waals surface area contributed by atoms with Crippen molar-refractivity contribution in [1.82, 2.24) is 25.5 Å². The Labute approximate surface area is 205 Å². The van der Waals surface area contributed by atoms with Crippen molar-refractivity contribution in [3.8, 4) is 0 Å². The molecule has 3 aromatic rings. The molecule has 0 bridgehead atoms. The van der Waals surface area contributed by atoms with Crippen LogP contribution in [0.15, 0.2) is 42.6 Å². The van der Waals surface area contributed by atoms with E-state index in [1.807, 2.05) is 6.07 Å². The number of nitrogens with zero attached hydrogens (tertiary/aromatic N) is 3. The van der Waals surface area contributed by atoms with Crippen molar-refractivity contribution in [2.24, 2.45) is 0 Å². The summed E-state index contributed by atoms with van der Waals surface area (Å²) in [4.78, 5) is 20.9. The second-order valence-electron chi connectivity index (χ2n) is 9.27. The molecule has 12 heteroatoms. The molecule has 0 unspecified atom stereocenters. The first-order valence-corrected chi connectivity index (χ1v) is 12.0. The first-order chi connectivity index (χ1) is 17.3. The van der Waals surface area contributed by atoms with Gasteiger partial charge >= 0.3 is 12.2 Å². The van der Waals surface area contributed by atoms with Crippen LogP contribution < -0.4 is 21.3 Å². The second kappa shape index (κ2) is 10.0. The number of anilines is 4. The maximum absolute atomic E-state index is 12.8. The number of H-pyrrole nitrogens is 1. The summed E-state index contributed by atoms with van der Waals surface area (Å²) in [5, 5.41) is 19.1. The van der Waals surface area contributed by atoms with E-state index in [0.29, 0.717) is 36.3 Å². The Kier molecular flexibility index (Phi) is 6.66. The van der Waals surface area contributed by atoms with Gasteiger partial charge < -0.3 is 21.3 Å². The summed E-state index contributed by atoms with van der Waals surface area (Å²) in [5.41, 5.74) is 0.417. The average Bonchev–Trinajstić information content (AvgIpc) is 3.50. The van der Waals surface area contributed by atoms with E-state index in [0.717, 1.165) is 17.8 Å². The van der Waals surface area contributed by atoms with Crippen LogP contribution in [0.2, 0.25) is 0 Å². The summed E-state index contributed by atoms with van der Waals surface area (Å²) in [6, 6.07) is 7.74. The Balaban J connectivity index is 1.08. The lowest BCUT2D eigenvalue weighted by molar-refractivity contribution is -0.137. The van der Waals surface area contributed by atoms with E-state index in [-0.39, 0.29) is 17.8 Å². The number of benzene rings is 1. The third-order valence-corrected chi connectivity index (χ3v) is 6.56. The number of rotatable bonds is 7. The Bertz CT molecular complexity index is 1200. The van der Waals surface area contributed by atoms with Gasteiger partial charge in [0.2, 0.25) is 5.95 Å². The highest BCUT2D eigenvalue weighted by molar-refractivity contribution is 5.89. The van der Waals surface area contributed by atoms with Gasteiger partial charge in [0.25, 0.3) is 0 Å². The molecule has 1 aromatic carbocycles.